The highest BCUT2D eigenvalue weighted by Gasteiger charge is 2.09. The van der Waals surface area contributed by atoms with E-state index in [2.05, 4.69) is 50.4 Å². The summed E-state index contributed by atoms with van der Waals surface area (Å²) >= 11 is 0. The first-order chi connectivity index (χ1) is 8.71. The summed E-state index contributed by atoms with van der Waals surface area (Å²) in [5.41, 5.74) is 2.73. The Labute approximate surface area is 111 Å². The molecule has 2 nitrogen and oxygen atoms in total. The first-order valence-electron chi connectivity index (χ1n) is 7.14. The van der Waals surface area contributed by atoms with E-state index in [0.717, 1.165) is 25.8 Å². The van der Waals surface area contributed by atoms with E-state index in [1.165, 1.54) is 11.1 Å². The molecule has 1 rings (SSSR count). The van der Waals surface area contributed by atoms with Crippen molar-refractivity contribution in [2.45, 2.75) is 46.1 Å². The lowest BCUT2D eigenvalue weighted by atomic mass is 10.0. The van der Waals surface area contributed by atoms with Gasteiger partial charge in [0.05, 0.1) is 0 Å². The molecular weight excluding hydrogens is 222 g/mol. The Bertz CT molecular complexity index is 320. The summed E-state index contributed by atoms with van der Waals surface area (Å²) in [6.07, 6.45) is 3.11. The minimum absolute atomic E-state index is 0.291. The Balaban J connectivity index is 2.45. The molecule has 0 heterocycles. The minimum Gasteiger partial charge on any atom is -0.396 e. The van der Waals surface area contributed by atoms with E-state index in [9.17, 15) is 0 Å². The van der Waals surface area contributed by atoms with Crippen LogP contribution in [0.1, 0.15) is 50.8 Å². The monoisotopic (exact) mass is 249 g/mol. The van der Waals surface area contributed by atoms with E-state index in [0.29, 0.717) is 18.6 Å². The number of aryl methyl sites for hydroxylation is 1. The molecular formula is C16H27NO. The molecule has 0 aliphatic heterocycles. The predicted molar refractivity (Wildman–Crippen MR) is 77.7 cm³/mol. The Kier molecular flexibility index (Phi) is 6.99. The van der Waals surface area contributed by atoms with Crippen LogP contribution in [-0.4, -0.2) is 18.3 Å². The Morgan fingerprint density at radius 3 is 2.33 bits per heavy atom. The Hall–Kier alpha value is -0.860. The minimum atomic E-state index is 0.291. The zero-order valence-electron chi connectivity index (χ0n) is 11.9. The number of aliphatic hydroxyl groups excluding tert-OH is 1. The van der Waals surface area contributed by atoms with Crippen molar-refractivity contribution in [1.29, 1.82) is 0 Å². The van der Waals surface area contributed by atoms with Crippen LogP contribution in [0.2, 0.25) is 0 Å². The van der Waals surface area contributed by atoms with Gasteiger partial charge in [0, 0.05) is 12.6 Å². The van der Waals surface area contributed by atoms with E-state index >= 15 is 0 Å². The quantitative estimate of drug-likeness (QED) is 0.741. The first kappa shape index (κ1) is 15.2. The van der Waals surface area contributed by atoms with E-state index in [4.69, 9.17) is 5.11 Å². The van der Waals surface area contributed by atoms with E-state index in [-0.39, 0.29) is 0 Å². The lowest BCUT2D eigenvalue weighted by Crippen LogP contribution is -2.26. The lowest BCUT2D eigenvalue weighted by Gasteiger charge is -2.19. The molecule has 18 heavy (non-hydrogen) atoms. The van der Waals surface area contributed by atoms with Crippen molar-refractivity contribution in [3.8, 4) is 0 Å². The maximum atomic E-state index is 8.98. The molecule has 0 saturated carbocycles. The molecule has 0 saturated heterocycles. The van der Waals surface area contributed by atoms with Gasteiger partial charge < -0.3 is 10.4 Å². The number of rotatable bonds is 8. The van der Waals surface area contributed by atoms with Crippen molar-refractivity contribution in [1.82, 2.24) is 5.32 Å². The van der Waals surface area contributed by atoms with Gasteiger partial charge in [-0.3, -0.25) is 0 Å². The third-order valence-corrected chi connectivity index (χ3v) is 3.72. The zero-order valence-corrected chi connectivity index (χ0v) is 11.9. The summed E-state index contributed by atoms with van der Waals surface area (Å²) in [5.74, 6) is 0.576. The van der Waals surface area contributed by atoms with Gasteiger partial charge in [-0.05, 0) is 43.4 Å². The average Bonchev–Trinajstić information content (AvgIpc) is 2.43. The van der Waals surface area contributed by atoms with Crippen LogP contribution < -0.4 is 5.32 Å². The van der Waals surface area contributed by atoms with Gasteiger partial charge in [-0.15, -0.1) is 0 Å². The highest BCUT2D eigenvalue weighted by molar-refractivity contribution is 5.24. The summed E-state index contributed by atoms with van der Waals surface area (Å²) in [6.45, 7) is 7.83. The van der Waals surface area contributed by atoms with Crippen LogP contribution in [0.3, 0.4) is 0 Å². The van der Waals surface area contributed by atoms with Crippen molar-refractivity contribution in [2.24, 2.45) is 5.92 Å². The van der Waals surface area contributed by atoms with Gasteiger partial charge >= 0.3 is 0 Å². The number of nitrogens with one attached hydrogen (secondary N) is 1. The molecule has 1 aromatic carbocycles. The highest BCUT2D eigenvalue weighted by Crippen LogP contribution is 2.15. The third kappa shape index (κ3) is 4.79. The number of benzene rings is 1. The molecule has 0 radical (unpaired) electrons. The van der Waals surface area contributed by atoms with Crippen LogP contribution in [0.5, 0.6) is 0 Å². The molecule has 0 aromatic heterocycles. The Morgan fingerprint density at radius 2 is 1.83 bits per heavy atom. The molecule has 2 heteroatoms. The van der Waals surface area contributed by atoms with Gasteiger partial charge in [0.25, 0.3) is 0 Å². The molecule has 0 aliphatic carbocycles. The second-order valence-corrected chi connectivity index (χ2v) is 5.01. The SMILES string of the molecule is CCc1ccc(C(C)NCC(CC)CCO)cc1. The maximum Gasteiger partial charge on any atom is 0.0434 e. The van der Waals surface area contributed by atoms with Crippen LogP contribution in [0, 0.1) is 5.92 Å². The van der Waals surface area contributed by atoms with Crippen LogP contribution >= 0.6 is 0 Å². The molecule has 2 N–H and O–H groups in total. The lowest BCUT2D eigenvalue weighted by molar-refractivity contribution is 0.249. The van der Waals surface area contributed by atoms with Crippen LogP contribution in [0.15, 0.2) is 24.3 Å². The normalized spacial score (nSPS) is 14.4. The highest BCUT2D eigenvalue weighted by atomic mass is 16.3. The summed E-state index contributed by atoms with van der Waals surface area (Å²) in [7, 11) is 0. The van der Waals surface area contributed by atoms with Gasteiger partial charge in [0.1, 0.15) is 0 Å². The molecule has 0 fully saturated rings. The van der Waals surface area contributed by atoms with Gasteiger partial charge in [-0.25, -0.2) is 0 Å². The molecule has 2 atom stereocenters. The smallest absolute Gasteiger partial charge is 0.0434 e. The van der Waals surface area contributed by atoms with Crippen LogP contribution in [0.4, 0.5) is 0 Å². The molecule has 1 aromatic rings. The molecule has 0 spiro atoms. The summed E-state index contributed by atoms with van der Waals surface area (Å²) in [6, 6.07) is 9.22. The fourth-order valence-corrected chi connectivity index (χ4v) is 2.14. The topological polar surface area (TPSA) is 32.3 Å². The van der Waals surface area contributed by atoms with E-state index < -0.39 is 0 Å². The Morgan fingerprint density at radius 1 is 1.17 bits per heavy atom. The zero-order chi connectivity index (χ0) is 13.4. The second-order valence-electron chi connectivity index (χ2n) is 5.01. The van der Waals surface area contributed by atoms with Crippen molar-refractivity contribution in [2.75, 3.05) is 13.2 Å². The van der Waals surface area contributed by atoms with Gasteiger partial charge in [0.2, 0.25) is 0 Å². The standard InChI is InChI=1S/C16H27NO/c1-4-14-6-8-16(9-7-14)13(3)17-12-15(5-2)10-11-18/h6-9,13,15,17-18H,4-5,10-12H2,1-3H3. The van der Waals surface area contributed by atoms with Crippen molar-refractivity contribution < 1.29 is 5.11 Å². The third-order valence-electron chi connectivity index (χ3n) is 3.72. The first-order valence-corrected chi connectivity index (χ1v) is 7.14. The number of hydrogen-bond acceptors (Lipinski definition) is 2. The molecule has 0 bridgehead atoms. The summed E-state index contributed by atoms with van der Waals surface area (Å²) < 4.78 is 0. The number of hydrogen-bond donors (Lipinski definition) is 2. The van der Waals surface area contributed by atoms with Crippen LogP contribution in [-0.2, 0) is 6.42 Å². The van der Waals surface area contributed by atoms with Gasteiger partial charge in [-0.2, -0.15) is 0 Å². The number of aliphatic hydroxyl groups is 1. The van der Waals surface area contributed by atoms with E-state index in [1.54, 1.807) is 0 Å². The van der Waals surface area contributed by atoms with Crippen molar-refractivity contribution >= 4 is 0 Å². The van der Waals surface area contributed by atoms with Crippen LogP contribution in [0.25, 0.3) is 0 Å². The van der Waals surface area contributed by atoms with Crippen molar-refractivity contribution in [3.63, 3.8) is 0 Å². The van der Waals surface area contributed by atoms with Crippen molar-refractivity contribution in [3.05, 3.63) is 35.4 Å². The summed E-state index contributed by atoms with van der Waals surface area (Å²) in [5, 5.41) is 12.5. The molecule has 2 unspecified atom stereocenters. The molecule has 0 aliphatic rings. The maximum absolute atomic E-state index is 8.98. The fraction of sp³-hybridized carbons (Fsp3) is 0.625. The largest absolute Gasteiger partial charge is 0.396 e. The molecule has 102 valence electrons. The van der Waals surface area contributed by atoms with Gasteiger partial charge in [0.15, 0.2) is 0 Å². The fourth-order valence-electron chi connectivity index (χ4n) is 2.14. The molecule has 0 amide bonds. The predicted octanol–water partition coefficient (Wildman–Crippen LogP) is 3.31. The summed E-state index contributed by atoms with van der Waals surface area (Å²) in [4.78, 5) is 0. The van der Waals surface area contributed by atoms with E-state index in [1.807, 2.05) is 0 Å². The average molecular weight is 249 g/mol. The van der Waals surface area contributed by atoms with Gasteiger partial charge in [-0.1, -0.05) is 44.5 Å². The second kappa shape index (κ2) is 8.28.